The Bertz CT molecular complexity index is 414. The van der Waals surface area contributed by atoms with Crippen LogP contribution in [0.5, 0.6) is 0 Å². The summed E-state index contributed by atoms with van der Waals surface area (Å²) in [4.78, 5) is 13.9. The molecule has 19 heavy (non-hydrogen) atoms. The molecule has 2 rings (SSSR count). The highest BCUT2D eigenvalue weighted by Crippen LogP contribution is 2.24. The number of anilines is 1. The molecule has 1 aliphatic rings. The second-order valence-corrected chi connectivity index (χ2v) is 5.14. The van der Waals surface area contributed by atoms with E-state index in [2.05, 4.69) is 15.6 Å². The highest BCUT2D eigenvalue weighted by atomic mass is 16.2. The summed E-state index contributed by atoms with van der Waals surface area (Å²) in [5.74, 6) is 6.21. The van der Waals surface area contributed by atoms with Gasteiger partial charge < -0.3 is 10.3 Å². The zero-order chi connectivity index (χ0) is 13.7. The molecule has 0 unspecified atom stereocenters. The van der Waals surface area contributed by atoms with Gasteiger partial charge in [0.1, 0.15) is 0 Å². The summed E-state index contributed by atoms with van der Waals surface area (Å²) in [6, 6.07) is 3.29. The fourth-order valence-electron chi connectivity index (χ4n) is 2.56. The van der Waals surface area contributed by atoms with Gasteiger partial charge in [0.25, 0.3) is 5.91 Å². The summed E-state index contributed by atoms with van der Waals surface area (Å²) in [6.45, 7) is 0.803. The summed E-state index contributed by atoms with van der Waals surface area (Å²) in [5, 5.41) is 7.69. The maximum absolute atomic E-state index is 12.2. The number of carbonyl (C=O) groups excluding carboxylic acids is 1. The molecule has 1 aromatic rings. The lowest BCUT2D eigenvalue weighted by atomic mass is 9.89. The first kappa shape index (κ1) is 13.7. The van der Waals surface area contributed by atoms with Gasteiger partial charge in [-0.05, 0) is 30.9 Å². The lowest BCUT2D eigenvalue weighted by Crippen LogP contribution is -2.33. The van der Waals surface area contributed by atoms with Crippen molar-refractivity contribution in [2.75, 3.05) is 19.0 Å². The maximum Gasteiger partial charge on any atom is 0.274 e. The number of hydrazine groups is 1. The van der Waals surface area contributed by atoms with Crippen LogP contribution >= 0.6 is 0 Å². The molecule has 1 heterocycles. The number of aromatic nitrogens is 2. The molecule has 0 saturated heterocycles. The average Bonchev–Trinajstić information content (AvgIpc) is 2.47. The van der Waals surface area contributed by atoms with Crippen LogP contribution in [0, 0.1) is 5.92 Å². The SMILES string of the molecule is CN(CC1CCCCC1)C(=O)c1ccc(NN)nn1. The van der Waals surface area contributed by atoms with Gasteiger partial charge in [-0.3, -0.25) is 4.79 Å². The number of nitrogen functional groups attached to an aromatic ring is 1. The number of hydrogen-bond donors (Lipinski definition) is 2. The van der Waals surface area contributed by atoms with Crippen molar-refractivity contribution < 1.29 is 4.79 Å². The van der Waals surface area contributed by atoms with E-state index in [0.29, 0.717) is 17.4 Å². The first-order valence-electron chi connectivity index (χ1n) is 6.76. The van der Waals surface area contributed by atoms with E-state index in [-0.39, 0.29) is 5.91 Å². The molecule has 3 N–H and O–H groups in total. The van der Waals surface area contributed by atoms with E-state index in [4.69, 9.17) is 5.84 Å². The summed E-state index contributed by atoms with van der Waals surface area (Å²) >= 11 is 0. The van der Waals surface area contributed by atoms with Gasteiger partial charge in [0.2, 0.25) is 0 Å². The van der Waals surface area contributed by atoms with Gasteiger partial charge in [0.15, 0.2) is 11.5 Å². The molecule has 1 aliphatic carbocycles. The number of nitrogens with zero attached hydrogens (tertiary/aromatic N) is 3. The lowest BCUT2D eigenvalue weighted by Gasteiger charge is -2.26. The molecule has 104 valence electrons. The minimum absolute atomic E-state index is 0.0818. The Morgan fingerprint density at radius 1 is 1.37 bits per heavy atom. The molecule has 0 atom stereocenters. The second-order valence-electron chi connectivity index (χ2n) is 5.14. The minimum Gasteiger partial charge on any atom is -0.340 e. The van der Waals surface area contributed by atoms with E-state index in [1.807, 2.05) is 7.05 Å². The summed E-state index contributed by atoms with van der Waals surface area (Å²) in [5.41, 5.74) is 2.75. The van der Waals surface area contributed by atoms with E-state index in [1.54, 1.807) is 17.0 Å². The van der Waals surface area contributed by atoms with Gasteiger partial charge in [-0.1, -0.05) is 19.3 Å². The van der Waals surface area contributed by atoms with Crippen LogP contribution in [-0.2, 0) is 0 Å². The monoisotopic (exact) mass is 263 g/mol. The van der Waals surface area contributed by atoms with Crippen LogP contribution < -0.4 is 11.3 Å². The third kappa shape index (κ3) is 3.64. The first-order valence-corrected chi connectivity index (χ1v) is 6.76. The molecule has 1 fully saturated rings. The number of nitrogens with two attached hydrogens (primary N) is 1. The van der Waals surface area contributed by atoms with E-state index >= 15 is 0 Å². The van der Waals surface area contributed by atoms with Crippen LogP contribution in [0.3, 0.4) is 0 Å². The molecule has 0 bridgehead atoms. The molecule has 1 amide bonds. The van der Waals surface area contributed by atoms with Crippen molar-refractivity contribution in [1.29, 1.82) is 0 Å². The van der Waals surface area contributed by atoms with Crippen LogP contribution in [-0.4, -0.2) is 34.6 Å². The predicted molar refractivity (Wildman–Crippen MR) is 73.4 cm³/mol. The third-order valence-electron chi connectivity index (χ3n) is 3.64. The van der Waals surface area contributed by atoms with Crippen LogP contribution in [0.25, 0.3) is 0 Å². The van der Waals surface area contributed by atoms with E-state index in [0.717, 1.165) is 6.54 Å². The third-order valence-corrected chi connectivity index (χ3v) is 3.64. The lowest BCUT2D eigenvalue weighted by molar-refractivity contribution is 0.0753. The number of rotatable bonds is 4. The Hall–Kier alpha value is -1.69. The van der Waals surface area contributed by atoms with Crippen LogP contribution in [0.1, 0.15) is 42.6 Å². The van der Waals surface area contributed by atoms with E-state index in [9.17, 15) is 4.79 Å². The fraction of sp³-hybridized carbons (Fsp3) is 0.615. The molecule has 6 heteroatoms. The summed E-state index contributed by atoms with van der Waals surface area (Å²) < 4.78 is 0. The summed E-state index contributed by atoms with van der Waals surface area (Å²) in [7, 11) is 1.83. The number of hydrogen-bond acceptors (Lipinski definition) is 5. The Labute approximate surface area is 113 Å². The van der Waals surface area contributed by atoms with Crippen LogP contribution in [0.4, 0.5) is 5.82 Å². The largest absolute Gasteiger partial charge is 0.340 e. The van der Waals surface area contributed by atoms with Crippen molar-refractivity contribution in [3.05, 3.63) is 17.8 Å². The zero-order valence-corrected chi connectivity index (χ0v) is 11.3. The highest BCUT2D eigenvalue weighted by Gasteiger charge is 2.20. The fourth-order valence-corrected chi connectivity index (χ4v) is 2.56. The van der Waals surface area contributed by atoms with Crippen molar-refractivity contribution in [3.8, 4) is 0 Å². The molecular formula is C13H21N5O. The standard InChI is InChI=1S/C13H21N5O/c1-18(9-10-5-3-2-4-6-10)13(19)11-7-8-12(15-14)17-16-11/h7-8,10H,2-6,9,14H2,1H3,(H,15,17). The Morgan fingerprint density at radius 3 is 2.68 bits per heavy atom. The smallest absolute Gasteiger partial charge is 0.274 e. The van der Waals surface area contributed by atoms with Crippen LogP contribution in [0.2, 0.25) is 0 Å². The van der Waals surface area contributed by atoms with Crippen molar-refractivity contribution in [2.24, 2.45) is 11.8 Å². The van der Waals surface area contributed by atoms with Crippen molar-refractivity contribution in [1.82, 2.24) is 15.1 Å². The van der Waals surface area contributed by atoms with Gasteiger partial charge in [-0.2, -0.15) is 0 Å². The van der Waals surface area contributed by atoms with Crippen molar-refractivity contribution in [3.63, 3.8) is 0 Å². The molecule has 0 aliphatic heterocycles. The normalized spacial score (nSPS) is 16.1. The van der Waals surface area contributed by atoms with Crippen molar-refractivity contribution >= 4 is 11.7 Å². The topological polar surface area (TPSA) is 84.1 Å². The predicted octanol–water partition coefficient (Wildman–Crippen LogP) is 1.41. The zero-order valence-electron chi connectivity index (χ0n) is 11.3. The van der Waals surface area contributed by atoms with E-state index < -0.39 is 0 Å². The molecule has 6 nitrogen and oxygen atoms in total. The van der Waals surface area contributed by atoms with Gasteiger partial charge >= 0.3 is 0 Å². The van der Waals surface area contributed by atoms with Gasteiger partial charge in [-0.25, -0.2) is 5.84 Å². The summed E-state index contributed by atoms with van der Waals surface area (Å²) in [6.07, 6.45) is 6.33. The maximum atomic E-state index is 12.2. The van der Waals surface area contributed by atoms with Gasteiger partial charge in [0.05, 0.1) is 0 Å². The number of nitrogens with one attached hydrogen (secondary N) is 1. The molecule has 1 saturated carbocycles. The molecule has 0 aromatic carbocycles. The Kier molecular flexibility index (Phi) is 4.68. The molecule has 0 spiro atoms. The number of carbonyl (C=O) groups is 1. The van der Waals surface area contributed by atoms with Gasteiger partial charge in [0, 0.05) is 13.6 Å². The molecular weight excluding hydrogens is 242 g/mol. The first-order chi connectivity index (χ1) is 9.20. The number of amides is 1. The molecule has 0 radical (unpaired) electrons. The van der Waals surface area contributed by atoms with Gasteiger partial charge in [-0.15, -0.1) is 10.2 Å². The van der Waals surface area contributed by atoms with Crippen LogP contribution in [0.15, 0.2) is 12.1 Å². The minimum atomic E-state index is -0.0818. The second kappa shape index (κ2) is 6.47. The van der Waals surface area contributed by atoms with Crippen molar-refractivity contribution in [2.45, 2.75) is 32.1 Å². The Morgan fingerprint density at radius 2 is 2.11 bits per heavy atom. The average molecular weight is 263 g/mol. The molecule has 1 aromatic heterocycles. The Balaban J connectivity index is 1.93. The highest BCUT2D eigenvalue weighted by molar-refractivity contribution is 5.92. The quantitative estimate of drug-likeness (QED) is 0.634. The van der Waals surface area contributed by atoms with E-state index in [1.165, 1.54) is 32.1 Å².